The Hall–Kier alpha value is -2.62. The third-order valence-corrected chi connectivity index (χ3v) is 9.70. The molecule has 1 amide bonds. The Morgan fingerprint density at radius 2 is 1.82 bits per heavy atom. The van der Waals surface area contributed by atoms with Crippen LogP contribution in [-0.2, 0) is 11.4 Å². The van der Waals surface area contributed by atoms with E-state index in [9.17, 15) is 4.79 Å². The van der Waals surface area contributed by atoms with Crippen molar-refractivity contribution < 1.29 is 9.63 Å². The van der Waals surface area contributed by atoms with Gasteiger partial charge in [-0.1, -0.05) is 47.0 Å². The molecule has 39 heavy (non-hydrogen) atoms. The number of carbonyl (C=O) groups is 1. The maximum Gasteiger partial charge on any atom is 0.427 e. The number of imidazole rings is 1. The van der Waals surface area contributed by atoms with E-state index in [0.29, 0.717) is 35.4 Å². The van der Waals surface area contributed by atoms with Crippen molar-refractivity contribution in [2.45, 2.75) is 117 Å². The molecule has 4 heterocycles. The molecule has 2 saturated carbocycles. The molecule has 2 aromatic rings. The summed E-state index contributed by atoms with van der Waals surface area (Å²) in [6.45, 7) is 13.6. The first-order valence-corrected chi connectivity index (χ1v) is 15.2. The van der Waals surface area contributed by atoms with Gasteiger partial charge in [-0.15, -0.1) is 5.48 Å². The van der Waals surface area contributed by atoms with E-state index in [1.54, 1.807) is 0 Å². The Morgan fingerprint density at radius 1 is 1.05 bits per heavy atom. The van der Waals surface area contributed by atoms with E-state index in [-0.39, 0.29) is 5.41 Å². The number of hydroxylamine groups is 1. The third kappa shape index (κ3) is 5.28. The largest absolute Gasteiger partial charge is 0.427 e. The monoisotopic (exact) mass is 538 g/mol. The Kier molecular flexibility index (Phi) is 7.10. The highest BCUT2D eigenvalue weighted by molar-refractivity contribution is 5.86. The predicted molar refractivity (Wildman–Crippen MR) is 152 cm³/mol. The summed E-state index contributed by atoms with van der Waals surface area (Å²) in [6.07, 6.45) is 10.1. The summed E-state index contributed by atoms with van der Waals surface area (Å²) in [6, 6.07) is 0.713. The minimum absolute atomic E-state index is 0.145. The molecule has 0 spiro atoms. The zero-order chi connectivity index (χ0) is 27.3. The summed E-state index contributed by atoms with van der Waals surface area (Å²) in [7, 11) is 0. The molecule has 3 atom stereocenters. The van der Waals surface area contributed by atoms with E-state index < -0.39 is 12.3 Å². The Morgan fingerprint density at radius 3 is 2.46 bits per heavy atom. The van der Waals surface area contributed by atoms with Gasteiger partial charge in [0.05, 0.1) is 0 Å². The van der Waals surface area contributed by atoms with Gasteiger partial charge in [0.2, 0.25) is 5.95 Å². The zero-order valence-corrected chi connectivity index (χ0v) is 24.3. The zero-order valence-electron chi connectivity index (χ0n) is 24.3. The summed E-state index contributed by atoms with van der Waals surface area (Å²) in [5.41, 5.74) is 4.55. The van der Waals surface area contributed by atoms with Gasteiger partial charge >= 0.3 is 6.09 Å². The van der Waals surface area contributed by atoms with E-state index in [4.69, 9.17) is 19.8 Å². The third-order valence-electron chi connectivity index (χ3n) is 9.70. The van der Waals surface area contributed by atoms with Gasteiger partial charge in [-0.2, -0.15) is 4.98 Å². The number of nitrogens with one attached hydrogen (secondary N) is 3. The number of carbonyl (C=O) groups excluding carboxylic acids is 1. The summed E-state index contributed by atoms with van der Waals surface area (Å²) in [5.74, 6) is 4.37. The normalized spacial score (nSPS) is 28.8. The van der Waals surface area contributed by atoms with Gasteiger partial charge < -0.3 is 19.6 Å². The van der Waals surface area contributed by atoms with Crippen molar-refractivity contribution >= 4 is 29.0 Å². The second kappa shape index (κ2) is 10.4. The molecule has 0 bridgehead atoms. The van der Waals surface area contributed by atoms with E-state index in [0.717, 1.165) is 36.3 Å². The van der Waals surface area contributed by atoms with Crippen LogP contribution in [0.15, 0.2) is 0 Å². The summed E-state index contributed by atoms with van der Waals surface area (Å²) < 4.78 is 2.44. The van der Waals surface area contributed by atoms with Crippen LogP contribution in [0.3, 0.4) is 0 Å². The van der Waals surface area contributed by atoms with Gasteiger partial charge in [-0.3, -0.25) is 5.32 Å². The quantitative estimate of drug-likeness (QED) is 0.423. The van der Waals surface area contributed by atoms with Gasteiger partial charge in [-0.05, 0) is 68.6 Å². The van der Waals surface area contributed by atoms with E-state index >= 15 is 0 Å². The van der Waals surface area contributed by atoms with Gasteiger partial charge in [0.15, 0.2) is 23.5 Å². The molecule has 2 aliphatic carbocycles. The molecule has 0 aromatic carbocycles. The molecular weight excluding hydrogens is 492 g/mol. The molecule has 10 heteroatoms. The number of aromatic nitrogens is 4. The Bertz CT molecular complexity index is 1190. The molecule has 10 nitrogen and oxygen atoms in total. The molecule has 3 N–H and O–H groups in total. The van der Waals surface area contributed by atoms with E-state index in [1.807, 2.05) is 0 Å². The van der Waals surface area contributed by atoms with E-state index in [2.05, 4.69) is 60.2 Å². The molecule has 0 radical (unpaired) electrons. The van der Waals surface area contributed by atoms with Crippen LogP contribution < -0.4 is 21.0 Å². The molecule has 4 fully saturated rings. The van der Waals surface area contributed by atoms with Crippen LogP contribution in [0.2, 0.25) is 0 Å². The van der Waals surface area contributed by atoms with Crippen molar-refractivity contribution in [3.8, 4) is 0 Å². The topological polar surface area (TPSA) is 109 Å². The lowest BCUT2D eigenvalue weighted by atomic mass is 9.80. The van der Waals surface area contributed by atoms with Crippen LogP contribution in [0.25, 0.3) is 11.2 Å². The first-order valence-electron chi connectivity index (χ1n) is 15.2. The van der Waals surface area contributed by atoms with Crippen LogP contribution in [0, 0.1) is 23.2 Å². The molecule has 4 aliphatic rings. The Labute approximate surface area is 232 Å². The minimum Gasteiger partial charge on any atom is -0.365 e. The van der Waals surface area contributed by atoms with Crippen molar-refractivity contribution in [1.29, 1.82) is 0 Å². The second-order valence-corrected chi connectivity index (χ2v) is 13.7. The molecular formula is C29H46N8O2. The number of hydrogen-bond donors (Lipinski definition) is 3. The smallest absolute Gasteiger partial charge is 0.365 e. The van der Waals surface area contributed by atoms with Crippen LogP contribution in [0.5, 0.6) is 0 Å². The molecule has 214 valence electrons. The molecule has 2 aromatic heterocycles. The fourth-order valence-electron chi connectivity index (χ4n) is 7.02. The standard InChI is InChI=1S/C29H46N8O2/c1-17-11-13-19(14-12-17)16-37-22-23(30-18(2)20-8-6-9-20)31-25(26-34-28(38)39-35-26)32-24(22)33-27(37)36-15-7-10-21(36)29(3,4)5/h17-21,26,35H,6-16H2,1-5H3,(H,34,38)(H,30,31,32)/t17?,18-,19?,21?,26?/m1/s1. The van der Waals surface area contributed by atoms with Crippen molar-refractivity contribution in [1.82, 2.24) is 30.3 Å². The molecule has 2 unspecified atom stereocenters. The van der Waals surface area contributed by atoms with E-state index in [1.165, 1.54) is 57.8 Å². The van der Waals surface area contributed by atoms with Crippen LogP contribution >= 0.6 is 0 Å². The first kappa shape index (κ1) is 26.6. The minimum atomic E-state index is -0.607. The lowest BCUT2D eigenvalue weighted by Gasteiger charge is -2.36. The maximum atomic E-state index is 11.8. The fourth-order valence-corrected chi connectivity index (χ4v) is 7.02. The lowest BCUT2D eigenvalue weighted by Crippen LogP contribution is -2.41. The second-order valence-electron chi connectivity index (χ2n) is 13.7. The van der Waals surface area contributed by atoms with Gasteiger partial charge in [0.1, 0.15) is 5.52 Å². The number of amides is 1. The number of anilines is 2. The summed E-state index contributed by atoms with van der Waals surface area (Å²) in [5, 5.41) is 6.54. The van der Waals surface area contributed by atoms with Crippen molar-refractivity contribution in [2.75, 3.05) is 16.8 Å². The number of rotatable bonds is 7. The number of hydrogen-bond acceptors (Lipinski definition) is 8. The highest BCUT2D eigenvalue weighted by atomic mass is 16.7. The number of fused-ring (bicyclic) bond motifs is 1. The summed E-state index contributed by atoms with van der Waals surface area (Å²) >= 11 is 0. The molecule has 2 saturated heterocycles. The summed E-state index contributed by atoms with van der Waals surface area (Å²) in [4.78, 5) is 34.5. The molecule has 6 rings (SSSR count). The Balaban J connectivity index is 1.46. The highest BCUT2D eigenvalue weighted by Crippen LogP contribution is 2.40. The average molecular weight is 539 g/mol. The van der Waals surface area contributed by atoms with Crippen molar-refractivity contribution in [3.05, 3.63) is 5.82 Å². The average Bonchev–Trinajstić information content (AvgIpc) is 3.57. The highest BCUT2D eigenvalue weighted by Gasteiger charge is 2.38. The van der Waals surface area contributed by atoms with Gasteiger partial charge in [0, 0.05) is 25.2 Å². The first-order chi connectivity index (χ1) is 18.7. The van der Waals surface area contributed by atoms with Crippen molar-refractivity contribution in [2.24, 2.45) is 23.2 Å². The number of nitrogens with zero attached hydrogens (tertiary/aromatic N) is 5. The maximum absolute atomic E-state index is 11.8. The SMILES string of the molecule is CC1CCC(Cn2c(N3CCCC3C(C)(C)C)nc3nc(C4NOC(=O)N4)nc(N[C@H](C)C4CCC4)c32)CC1. The predicted octanol–water partition coefficient (Wildman–Crippen LogP) is 5.51. The van der Waals surface area contributed by atoms with Gasteiger partial charge in [0.25, 0.3) is 0 Å². The lowest BCUT2D eigenvalue weighted by molar-refractivity contribution is 0.120. The fraction of sp³-hybridized carbons (Fsp3) is 0.793. The van der Waals surface area contributed by atoms with Crippen molar-refractivity contribution in [3.63, 3.8) is 0 Å². The molecule has 2 aliphatic heterocycles. The van der Waals surface area contributed by atoms with Crippen LogP contribution in [-0.4, -0.2) is 44.2 Å². The van der Waals surface area contributed by atoms with Crippen LogP contribution in [0.1, 0.15) is 104 Å². The van der Waals surface area contributed by atoms with Gasteiger partial charge in [-0.25, -0.2) is 14.8 Å². The van der Waals surface area contributed by atoms with Crippen LogP contribution in [0.4, 0.5) is 16.6 Å².